The van der Waals surface area contributed by atoms with Crippen molar-refractivity contribution < 1.29 is 14.3 Å². The van der Waals surface area contributed by atoms with Crippen molar-refractivity contribution in [1.82, 2.24) is 0 Å². The van der Waals surface area contributed by atoms with E-state index in [9.17, 15) is 4.79 Å². The van der Waals surface area contributed by atoms with E-state index in [1.807, 2.05) is 25.1 Å². The number of morpholine rings is 1. The first-order chi connectivity index (χ1) is 14.0. The van der Waals surface area contributed by atoms with Gasteiger partial charge in [0.25, 0.3) is 0 Å². The van der Waals surface area contributed by atoms with Crippen molar-refractivity contribution in [3.63, 3.8) is 0 Å². The number of nitrogens with zero attached hydrogens (tertiary/aromatic N) is 1. The largest absolute Gasteiger partial charge is 0.462 e. The van der Waals surface area contributed by atoms with Crippen LogP contribution in [0.3, 0.4) is 0 Å². The van der Waals surface area contributed by atoms with Crippen LogP contribution in [0.25, 0.3) is 0 Å². The lowest BCUT2D eigenvalue weighted by Crippen LogP contribution is -2.37. The maximum Gasteiger partial charge on any atom is 0.338 e. The van der Waals surface area contributed by atoms with E-state index in [0.29, 0.717) is 12.2 Å². The van der Waals surface area contributed by atoms with E-state index in [1.165, 1.54) is 16.8 Å². The van der Waals surface area contributed by atoms with Gasteiger partial charge in [-0.05, 0) is 60.2 Å². The van der Waals surface area contributed by atoms with E-state index in [0.717, 1.165) is 38.4 Å². The molecule has 1 saturated heterocycles. The zero-order chi connectivity index (χ0) is 20.4. The van der Waals surface area contributed by atoms with Crippen molar-refractivity contribution >= 4 is 17.3 Å². The number of hydrogen-bond acceptors (Lipinski definition) is 5. The Bertz CT molecular complexity index is 887. The van der Waals surface area contributed by atoms with Crippen LogP contribution < -0.4 is 10.2 Å². The van der Waals surface area contributed by atoms with Gasteiger partial charge in [0, 0.05) is 24.5 Å². The molecule has 2 aromatic carbocycles. The SMILES string of the molecule is CCOC(=O)c1ccc2c(c1)CC(C)(C)C(c1cccc(N3CCOCC3)c1)N2. The summed E-state index contributed by atoms with van der Waals surface area (Å²) in [6.45, 7) is 10.2. The van der Waals surface area contributed by atoms with Crippen molar-refractivity contribution in [2.24, 2.45) is 5.41 Å². The Morgan fingerprint density at radius 1 is 1.21 bits per heavy atom. The minimum Gasteiger partial charge on any atom is -0.462 e. The molecule has 0 aromatic heterocycles. The fourth-order valence-electron chi connectivity index (χ4n) is 4.42. The highest BCUT2D eigenvalue weighted by Gasteiger charge is 2.36. The molecule has 2 aliphatic heterocycles. The van der Waals surface area contributed by atoms with Crippen LogP contribution in [0, 0.1) is 5.41 Å². The molecule has 4 rings (SSSR count). The molecule has 0 saturated carbocycles. The number of anilines is 2. The number of nitrogens with one attached hydrogen (secondary N) is 1. The summed E-state index contributed by atoms with van der Waals surface area (Å²) in [4.78, 5) is 14.5. The normalized spacial score (nSPS) is 20.5. The third-order valence-electron chi connectivity index (χ3n) is 5.92. The molecule has 154 valence electrons. The molecule has 0 amide bonds. The van der Waals surface area contributed by atoms with Crippen LogP contribution in [0.2, 0.25) is 0 Å². The number of esters is 1. The van der Waals surface area contributed by atoms with E-state index in [2.05, 4.69) is 48.3 Å². The molecule has 0 bridgehead atoms. The maximum atomic E-state index is 12.1. The van der Waals surface area contributed by atoms with Gasteiger partial charge in [-0.25, -0.2) is 4.79 Å². The Morgan fingerprint density at radius 2 is 2.00 bits per heavy atom. The summed E-state index contributed by atoms with van der Waals surface area (Å²) in [6.07, 6.45) is 0.898. The standard InChI is InChI=1S/C24H30N2O3/c1-4-29-23(27)18-8-9-21-19(14-18)16-24(2,3)22(25-21)17-6-5-7-20(15-17)26-10-12-28-13-11-26/h5-9,14-15,22,25H,4,10-13,16H2,1-3H3. The third-order valence-corrected chi connectivity index (χ3v) is 5.92. The first-order valence-corrected chi connectivity index (χ1v) is 10.5. The molecule has 0 spiro atoms. The Labute approximate surface area is 173 Å². The number of ether oxygens (including phenoxy) is 2. The number of fused-ring (bicyclic) bond motifs is 1. The molecule has 2 aromatic rings. The van der Waals surface area contributed by atoms with E-state index in [1.54, 1.807) is 0 Å². The number of benzene rings is 2. The Morgan fingerprint density at radius 3 is 2.76 bits per heavy atom. The molecule has 1 atom stereocenters. The molecule has 1 unspecified atom stereocenters. The first kappa shape index (κ1) is 19.8. The average molecular weight is 395 g/mol. The number of rotatable bonds is 4. The fraction of sp³-hybridized carbons (Fsp3) is 0.458. The lowest BCUT2D eigenvalue weighted by Gasteiger charge is -2.42. The second kappa shape index (κ2) is 8.07. The highest BCUT2D eigenvalue weighted by Crippen LogP contribution is 2.45. The van der Waals surface area contributed by atoms with Crippen LogP contribution in [-0.2, 0) is 15.9 Å². The van der Waals surface area contributed by atoms with Gasteiger partial charge in [-0.2, -0.15) is 0 Å². The summed E-state index contributed by atoms with van der Waals surface area (Å²) in [7, 11) is 0. The molecule has 0 radical (unpaired) electrons. The predicted octanol–water partition coefficient (Wildman–Crippen LogP) is 4.44. The topological polar surface area (TPSA) is 50.8 Å². The second-order valence-corrected chi connectivity index (χ2v) is 8.53. The van der Waals surface area contributed by atoms with Crippen LogP contribution in [-0.4, -0.2) is 38.9 Å². The number of hydrogen-bond donors (Lipinski definition) is 1. The van der Waals surface area contributed by atoms with Crippen molar-refractivity contribution in [3.8, 4) is 0 Å². The van der Waals surface area contributed by atoms with Crippen molar-refractivity contribution in [2.75, 3.05) is 43.1 Å². The fourth-order valence-corrected chi connectivity index (χ4v) is 4.42. The minimum atomic E-state index is -0.256. The highest BCUT2D eigenvalue weighted by atomic mass is 16.5. The Hall–Kier alpha value is -2.53. The summed E-state index contributed by atoms with van der Waals surface area (Å²) < 4.78 is 10.7. The lowest BCUT2D eigenvalue weighted by atomic mass is 9.72. The predicted molar refractivity (Wildman–Crippen MR) is 116 cm³/mol. The van der Waals surface area contributed by atoms with Crippen LogP contribution >= 0.6 is 0 Å². The third kappa shape index (κ3) is 4.10. The van der Waals surface area contributed by atoms with Gasteiger partial charge in [0.05, 0.1) is 31.4 Å². The molecule has 5 nitrogen and oxygen atoms in total. The van der Waals surface area contributed by atoms with Crippen molar-refractivity contribution in [1.29, 1.82) is 0 Å². The minimum absolute atomic E-state index is 0.00389. The average Bonchev–Trinajstić information content (AvgIpc) is 2.73. The van der Waals surface area contributed by atoms with Crippen molar-refractivity contribution in [2.45, 2.75) is 33.2 Å². The van der Waals surface area contributed by atoms with Crippen LogP contribution in [0.15, 0.2) is 42.5 Å². The Kier molecular flexibility index (Phi) is 5.50. The molecular weight excluding hydrogens is 364 g/mol. The summed E-state index contributed by atoms with van der Waals surface area (Å²) in [5.41, 5.74) is 5.44. The van der Waals surface area contributed by atoms with Gasteiger partial charge in [0.15, 0.2) is 0 Å². The van der Waals surface area contributed by atoms with Crippen LogP contribution in [0.4, 0.5) is 11.4 Å². The molecule has 0 aliphatic carbocycles. The number of carbonyl (C=O) groups excluding carboxylic acids is 1. The molecule has 1 N–H and O–H groups in total. The lowest BCUT2D eigenvalue weighted by molar-refractivity contribution is 0.0526. The van der Waals surface area contributed by atoms with Crippen LogP contribution in [0.1, 0.15) is 48.3 Å². The van der Waals surface area contributed by atoms with E-state index in [-0.39, 0.29) is 17.4 Å². The summed E-state index contributed by atoms with van der Waals surface area (Å²) in [5, 5.41) is 3.74. The molecule has 1 fully saturated rings. The monoisotopic (exact) mass is 394 g/mol. The molecule has 2 heterocycles. The molecule has 29 heavy (non-hydrogen) atoms. The summed E-state index contributed by atoms with van der Waals surface area (Å²) >= 11 is 0. The highest BCUT2D eigenvalue weighted by molar-refractivity contribution is 5.90. The summed E-state index contributed by atoms with van der Waals surface area (Å²) in [6, 6.07) is 14.9. The van der Waals surface area contributed by atoms with Gasteiger partial charge >= 0.3 is 5.97 Å². The van der Waals surface area contributed by atoms with Gasteiger partial charge in [0.1, 0.15) is 0 Å². The van der Waals surface area contributed by atoms with E-state index in [4.69, 9.17) is 9.47 Å². The maximum absolute atomic E-state index is 12.1. The summed E-state index contributed by atoms with van der Waals surface area (Å²) in [5.74, 6) is -0.256. The van der Waals surface area contributed by atoms with Crippen LogP contribution in [0.5, 0.6) is 0 Å². The zero-order valence-corrected chi connectivity index (χ0v) is 17.5. The van der Waals surface area contributed by atoms with Gasteiger partial charge < -0.3 is 19.7 Å². The Balaban J connectivity index is 1.61. The van der Waals surface area contributed by atoms with Gasteiger partial charge in [-0.1, -0.05) is 26.0 Å². The molecule has 5 heteroatoms. The van der Waals surface area contributed by atoms with E-state index >= 15 is 0 Å². The number of carbonyl (C=O) groups is 1. The quantitative estimate of drug-likeness (QED) is 0.777. The second-order valence-electron chi connectivity index (χ2n) is 8.53. The van der Waals surface area contributed by atoms with E-state index < -0.39 is 0 Å². The molecular formula is C24H30N2O3. The smallest absolute Gasteiger partial charge is 0.338 e. The van der Waals surface area contributed by atoms with Gasteiger partial charge in [-0.15, -0.1) is 0 Å². The van der Waals surface area contributed by atoms with Gasteiger partial charge in [0.2, 0.25) is 0 Å². The van der Waals surface area contributed by atoms with Crippen molar-refractivity contribution in [3.05, 3.63) is 59.2 Å². The molecule has 2 aliphatic rings. The van der Waals surface area contributed by atoms with Gasteiger partial charge in [-0.3, -0.25) is 0 Å². The zero-order valence-electron chi connectivity index (χ0n) is 17.5. The first-order valence-electron chi connectivity index (χ1n) is 10.5.